The molecule has 0 unspecified atom stereocenters. The van der Waals surface area contributed by atoms with Crippen molar-refractivity contribution in [3.8, 4) is 0 Å². The summed E-state index contributed by atoms with van der Waals surface area (Å²) in [6, 6.07) is 10.7. The number of benzene rings is 1. The van der Waals surface area contributed by atoms with Crippen molar-refractivity contribution in [1.82, 2.24) is 0 Å². The van der Waals surface area contributed by atoms with Gasteiger partial charge < -0.3 is 0 Å². The van der Waals surface area contributed by atoms with Crippen LogP contribution in [-0.4, -0.2) is 18.8 Å². The third kappa shape index (κ3) is 1.31. The third-order valence-corrected chi connectivity index (χ3v) is 4.18. The molecule has 1 aromatic rings. The summed E-state index contributed by atoms with van der Waals surface area (Å²) >= 11 is 0. The van der Waals surface area contributed by atoms with E-state index < -0.39 is 0 Å². The van der Waals surface area contributed by atoms with Gasteiger partial charge in [-0.3, -0.25) is 0 Å². The SMILES string of the molecule is [SiH3][SiH]c1ccccc1. The predicted octanol–water partition coefficient (Wildman–Crippen LogP) is -0.971. The molecule has 0 aliphatic rings. The van der Waals surface area contributed by atoms with Crippen molar-refractivity contribution < 1.29 is 0 Å². The first-order chi connectivity index (χ1) is 3.93. The largest absolute Gasteiger partial charge is 0.0694 e. The van der Waals surface area contributed by atoms with E-state index in [2.05, 4.69) is 30.3 Å². The molecule has 0 aliphatic carbocycles. The highest BCUT2D eigenvalue weighted by atomic mass is 29.1. The first-order valence-corrected chi connectivity index (χ1v) is 7.97. The van der Waals surface area contributed by atoms with Crippen LogP contribution in [0.2, 0.25) is 0 Å². The van der Waals surface area contributed by atoms with Crippen LogP contribution in [0, 0.1) is 0 Å². The fourth-order valence-electron chi connectivity index (χ4n) is 0.645. The summed E-state index contributed by atoms with van der Waals surface area (Å²) in [4.78, 5) is 0. The van der Waals surface area contributed by atoms with E-state index in [4.69, 9.17) is 0 Å². The minimum absolute atomic E-state index is 0.650. The van der Waals surface area contributed by atoms with Gasteiger partial charge in [0, 0.05) is 9.04 Å². The zero-order chi connectivity index (χ0) is 5.82. The van der Waals surface area contributed by atoms with E-state index in [-0.39, 0.29) is 0 Å². The van der Waals surface area contributed by atoms with Gasteiger partial charge in [-0.15, -0.1) is 0 Å². The van der Waals surface area contributed by atoms with Crippen LogP contribution >= 0.6 is 0 Å². The Morgan fingerprint density at radius 1 is 1.12 bits per heavy atom. The molecule has 0 saturated heterocycles. The minimum atomic E-state index is 0.650. The lowest BCUT2D eigenvalue weighted by Crippen LogP contribution is -2.12. The van der Waals surface area contributed by atoms with Gasteiger partial charge in [-0.05, 0) is 9.76 Å². The minimum Gasteiger partial charge on any atom is -0.0694 e. The molecule has 0 aliphatic heterocycles. The lowest BCUT2D eigenvalue weighted by atomic mass is 10.4. The Kier molecular flexibility index (Phi) is 2.05. The molecule has 0 fully saturated rings. The van der Waals surface area contributed by atoms with Crippen LogP contribution in [0.5, 0.6) is 0 Å². The highest BCUT2D eigenvalue weighted by molar-refractivity contribution is 6.97. The van der Waals surface area contributed by atoms with Gasteiger partial charge in [-0.2, -0.15) is 0 Å². The Hall–Kier alpha value is -0.346. The molecule has 41 valence electrons. The van der Waals surface area contributed by atoms with Crippen LogP contribution < -0.4 is 5.19 Å². The molecule has 0 spiro atoms. The number of hydrogen-bond acceptors (Lipinski definition) is 0. The molecule has 0 amide bonds. The molecule has 0 saturated carbocycles. The third-order valence-electron chi connectivity index (χ3n) is 1.13. The Morgan fingerprint density at radius 2 is 1.75 bits per heavy atom. The fourth-order valence-corrected chi connectivity index (χ4v) is 2.41. The van der Waals surface area contributed by atoms with Gasteiger partial charge in [-0.1, -0.05) is 35.5 Å². The summed E-state index contributed by atoms with van der Waals surface area (Å²) in [6.07, 6.45) is 0. The Bertz CT molecular complexity index is 148. The van der Waals surface area contributed by atoms with Crippen molar-refractivity contribution in [3.05, 3.63) is 30.3 Å². The van der Waals surface area contributed by atoms with Crippen molar-refractivity contribution in [1.29, 1.82) is 0 Å². The molecule has 0 bridgehead atoms. The number of rotatable bonds is 1. The molecule has 8 heavy (non-hydrogen) atoms. The number of hydrogen-bond donors (Lipinski definition) is 0. The monoisotopic (exact) mass is 137 g/mol. The highest BCUT2D eigenvalue weighted by Gasteiger charge is 1.81. The first kappa shape index (κ1) is 5.78. The zero-order valence-electron chi connectivity index (χ0n) is 4.96. The van der Waals surface area contributed by atoms with Crippen molar-refractivity contribution in [2.45, 2.75) is 0 Å². The second kappa shape index (κ2) is 2.84. The van der Waals surface area contributed by atoms with Gasteiger partial charge in [0.2, 0.25) is 0 Å². The Labute approximate surface area is 55.0 Å². The van der Waals surface area contributed by atoms with E-state index in [1.807, 2.05) is 0 Å². The van der Waals surface area contributed by atoms with E-state index in [1.165, 1.54) is 9.76 Å². The van der Waals surface area contributed by atoms with Gasteiger partial charge in [-0.25, -0.2) is 0 Å². The average Bonchev–Trinajstić information content (AvgIpc) is 1.90. The lowest BCUT2D eigenvalue weighted by Gasteiger charge is -1.88. The van der Waals surface area contributed by atoms with E-state index in [0.29, 0.717) is 9.04 Å². The van der Waals surface area contributed by atoms with Crippen LogP contribution in [0.1, 0.15) is 0 Å². The van der Waals surface area contributed by atoms with Crippen LogP contribution in [-0.2, 0) is 0 Å². The van der Waals surface area contributed by atoms with Gasteiger partial charge in [0.25, 0.3) is 0 Å². The summed E-state index contributed by atoms with van der Waals surface area (Å²) in [5.74, 6) is 0. The van der Waals surface area contributed by atoms with Crippen molar-refractivity contribution in [3.63, 3.8) is 0 Å². The van der Waals surface area contributed by atoms with Gasteiger partial charge in [0.15, 0.2) is 0 Å². The lowest BCUT2D eigenvalue weighted by molar-refractivity contribution is 1.77. The smallest absolute Gasteiger partial charge is 0.0476 e. The summed E-state index contributed by atoms with van der Waals surface area (Å²) < 4.78 is 0. The molecule has 1 aromatic carbocycles. The maximum atomic E-state index is 2.21. The van der Waals surface area contributed by atoms with Crippen LogP contribution in [0.4, 0.5) is 0 Å². The molecular weight excluding hydrogens is 128 g/mol. The Balaban J connectivity index is 2.83. The molecular formula is C6H9Si2. The molecule has 0 atom stereocenters. The highest BCUT2D eigenvalue weighted by Crippen LogP contribution is 1.78. The van der Waals surface area contributed by atoms with Gasteiger partial charge in [0.05, 0.1) is 0 Å². The summed E-state index contributed by atoms with van der Waals surface area (Å²) in [5, 5.41) is 1.55. The van der Waals surface area contributed by atoms with E-state index >= 15 is 0 Å². The molecule has 1 radical (unpaired) electrons. The first-order valence-electron chi connectivity index (χ1n) is 2.78. The fraction of sp³-hybridized carbons (Fsp3) is 0. The summed E-state index contributed by atoms with van der Waals surface area (Å²) in [7, 11) is 2.01. The van der Waals surface area contributed by atoms with Gasteiger partial charge in [0.1, 0.15) is 0 Å². The molecule has 0 N–H and O–H groups in total. The van der Waals surface area contributed by atoms with Crippen LogP contribution in [0.3, 0.4) is 0 Å². The Morgan fingerprint density at radius 3 is 2.12 bits per heavy atom. The van der Waals surface area contributed by atoms with Crippen molar-refractivity contribution in [2.75, 3.05) is 0 Å². The maximum Gasteiger partial charge on any atom is 0.0476 e. The predicted molar refractivity (Wildman–Crippen MR) is 43.2 cm³/mol. The molecule has 0 nitrogen and oxygen atoms in total. The van der Waals surface area contributed by atoms with Crippen molar-refractivity contribution in [2.24, 2.45) is 0 Å². The van der Waals surface area contributed by atoms with E-state index in [9.17, 15) is 0 Å². The normalized spacial score (nSPS) is 9.50. The van der Waals surface area contributed by atoms with E-state index in [1.54, 1.807) is 5.19 Å². The summed E-state index contributed by atoms with van der Waals surface area (Å²) in [6.45, 7) is 0. The van der Waals surface area contributed by atoms with Crippen LogP contribution in [0.15, 0.2) is 30.3 Å². The molecule has 0 heterocycles. The molecule has 1 rings (SSSR count). The average molecular weight is 137 g/mol. The summed E-state index contributed by atoms with van der Waals surface area (Å²) in [5.41, 5.74) is 0. The second-order valence-corrected chi connectivity index (χ2v) is 4.68. The zero-order valence-corrected chi connectivity index (χ0v) is 8.12. The topological polar surface area (TPSA) is 0 Å². The molecule has 0 aromatic heterocycles. The van der Waals surface area contributed by atoms with Crippen LogP contribution in [0.25, 0.3) is 0 Å². The second-order valence-electron chi connectivity index (χ2n) is 1.70. The van der Waals surface area contributed by atoms with Crippen molar-refractivity contribution >= 4 is 24.0 Å². The van der Waals surface area contributed by atoms with Gasteiger partial charge >= 0.3 is 0 Å². The standard InChI is InChI=1S/C6H9Si2/c7-8-6-4-2-1-3-5-6/h1-5,8H,7H3. The maximum absolute atomic E-state index is 2.21. The quantitative estimate of drug-likeness (QED) is 0.437. The van der Waals surface area contributed by atoms with E-state index in [0.717, 1.165) is 0 Å². The molecule has 2 heteroatoms.